The van der Waals surface area contributed by atoms with Crippen molar-refractivity contribution in [2.75, 3.05) is 0 Å². The van der Waals surface area contributed by atoms with Crippen molar-refractivity contribution in [3.05, 3.63) is 315 Å². The van der Waals surface area contributed by atoms with Gasteiger partial charge < -0.3 is 9.30 Å². The molecule has 0 fully saturated rings. The molecule has 0 unspecified atom stereocenters. The molecule has 0 spiro atoms. The maximum Gasteiger partial charge on any atom is 0.269 e. The van der Waals surface area contributed by atoms with Gasteiger partial charge in [0.05, 0.1) is 22.5 Å². The van der Waals surface area contributed by atoms with Crippen molar-refractivity contribution in [3.8, 4) is 107 Å². The molecule has 0 amide bonds. The molecule has 424 valence electrons. The van der Waals surface area contributed by atoms with Crippen LogP contribution in [0.25, 0.3) is 128 Å². The molecule has 6 nitrogen and oxygen atoms in total. The van der Waals surface area contributed by atoms with Gasteiger partial charge in [-0.15, -0.1) is 17.5 Å². The molecule has 4 heterocycles. The molecule has 0 N–H and O–H groups in total. The number of nitrogens with zero attached hydrogens (tertiary/aromatic N) is 5. The number of hydrogen-bond acceptors (Lipinski definition) is 3. The summed E-state index contributed by atoms with van der Waals surface area (Å²) in [5, 5.41) is 2.14. The zero-order valence-corrected chi connectivity index (χ0v) is 50.9. The fourth-order valence-electron chi connectivity index (χ4n) is 12.1. The Bertz CT molecular complexity index is 4770. The minimum Gasteiger partial charge on any atom is -0.522 e. The van der Waals surface area contributed by atoms with Crippen molar-refractivity contribution in [1.82, 2.24) is 19.1 Å². The van der Waals surface area contributed by atoms with E-state index in [2.05, 4.69) is 315 Å². The Kier molecular flexibility index (Phi) is 14.7. The summed E-state index contributed by atoms with van der Waals surface area (Å²) in [5.74, 6) is 2.34. The summed E-state index contributed by atoms with van der Waals surface area (Å²) in [6.07, 6.45) is 7.56. The van der Waals surface area contributed by atoms with E-state index in [4.69, 9.17) is 14.7 Å². The first kappa shape index (κ1) is 55.4. The van der Waals surface area contributed by atoms with Crippen LogP contribution in [-0.2, 0) is 26.5 Å². The van der Waals surface area contributed by atoms with Crippen LogP contribution < -0.4 is 9.30 Å². The second kappa shape index (κ2) is 23.4. The van der Waals surface area contributed by atoms with Crippen molar-refractivity contribution < 1.29 is 30.4 Å². The van der Waals surface area contributed by atoms with Gasteiger partial charge in [0.2, 0.25) is 0 Å². The number of fused-ring (bicyclic) bond motifs is 4. The van der Waals surface area contributed by atoms with E-state index < -0.39 is 0 Å². The van der Waals surface area contributed by atoms with E-state index in [1.807, 2.05) is 22.9 Å². The van der Waals surface area contributed by atoms with Crippen LogP contribution in [0.1, 0.15) is 26.3 Å². The molecule has 0 aliphatic carbocycles. The van der Waals surface area contributed by atoms with Gasteiger partial charge in [0.25, 0.3) is 6.33 Å². The van der Waals surface area contributed by atoms with Crippen LogP contribution >= 0.6 is 0 Å². The van der Waals surface area contributed by atoms with Gasteiger partial charge in [-0.05, 0) is 155 Å². The first-order valence-electron chi connectivity index (χ1n) is 29.4. The Morgan fingerprint density at radius 2 is 0.875 bits per heavy atom. The predicted molar refractivity (Wildman–Crippen MR) is 355 cm³/mol. The average molecular weight is 1310 g/mol. The van der Waals surface area contributed by atoms with Gasteiger partial charge in [0, 0.05) is 38.5 Å². The van der Waals surface area contributed by atoms with Gasteiger partial charge in [-0.3, -0.25) is 14.1 Å². The molecule has 11 aromatic carbocycles. The van der Waals surface area contributed by atoms with Crippen molar-refractivity contribution >= 4 is 32.8 Å². The van der Waals surface area contributed by atoms with Gasteiger partial charge in [-0.2, -0.15) is 18.2 Å². The Morgan fingerprint density at radius 3 is 1.42 bits per heavy atom. The average Bonchev–Trinajstić information content (AvgIpc) is 2.20. The fraction of sp³-hybridized carbons (Fsp3) is 0.0494. The summed E-state index contributed by atoms with van der Waals surface area (Å²) in [5.41, 5.74) is 21.3. The number of imidazole rings is 1. The monoisotopic (exact) mass is 1310 g/mol. The predicted octanol–water partition coefficient (Wildman–Crippen LogP) is 20.0. The normalized spacial score (nSPS) is 11.5. The fourth-order valence-corrected chi connectivity index (χ4v) is 12.1. The molecule has 0 atom stereocenters. The van der Waals surface area contributed by atoms with Crippen molar-refractivity contribution in [2.24, 2.45) is 0 Å². The summed E-state index contributed by atoms with van der Waals surface area (Å²) in [6.45, 7) is 6.69. The van der Waals surface area contributed by atoms with Gasteiger partial charge in [-0.25, -0.2) is 4.98 Å². The van der Waals surface area contributed by atoms with E-state index in [9.17, 15) is 0 Å². The smallest absolute Gasteiger partial charge is 0.269 e. The second-order valence-corrected chi connectivity index (χ2v) is 23.1. The Morgan fingerprint density at radius 1 is 0.386 bits per heavy atom. The van der Waals surface area contributed by atoms with E-state index in [0.29, 0.717) is 17.3 Å². The topological polar surface area (TPSA) is 48.8 Å². The molecule has 0 radical (unpaired) electrons. The number of benzene rings is 11. The van der Waals surface area contributed by atoms with E-state index in [-0.39, 0.29) is 26.5 Å². The van der Waals surface area contributed by atoms with Gasteiger partial charge in [-0.1, -0.05) is 239 Å². The van der Waals surface area contributed by atoms with Crippen LogP contribution in [-0.4, -0.2) is 19.1 Å². The molecule has 0 aliphatic heterocycles. The summed E-state index contributed by atoms with van der Waals surface area (Å²) in [6, 6.07) is 106. The molecule has 4 aromatic heterocycles. The van der Waals surface area contributed by atoms with Crippen LogP contribution in [0.2, 0.25) is 0 Å². The van der Waals surface area contributed by atoms with Gasteiger partial charge >= 0.3 is 0 Å². The third-order valence-electron chi connectivity index (χ3n) is 16.4. The minimum absolute atomic E-state index is 0. The maximum absolute atomic E-state index is 6.84. The first-order valence-corrected chi connectivity index (χ1v) is 29.4. The van der Waals surface area contributed by atoms with Crippen molar-refractivity contribution in [2.45, 2.75) is 26.2 Å². The van der Waals surface area contributed by atoms with Crippen molar-refractivity contribution in [1.29, 1.82) is 0 Å². The van der Waals surface area contributed by atoms with Crippen LogP contribution in [0.15, 0.2) is 291 Å². The number of rotatable bonds is 12. The molecule has 7 heteroatoms. The van der Waals surface area contributed by atoms with Crippen molar-refractivity contribution in [3.63, 3.8) is 0 Å². The number of ether oxygens (including phenoxy) is 1. The third kappa shape index (κ3) is 10.6. The quantitative estimate of drug-likeness (QED) is 0.0905. The molecule has 15 aromatic rings. The number of hydrogen-bond donors (Lipinski definition) is 0. The van der Waals surface area contributed by atoms with E-state index in [0.717, 1.165) is 122 Å². The van der Waals surface area contributed by atoms with Gasteiger partial charge in [0.15, 0.2) is 0 Å². The first-order chi connectivity index (χ1) is 42.7. The standard InChI is InChI=1S/C81H57N5O.Pt/c1-81(2,3)67-40-42-83-79(51-67)86-74-39-36-60(55-22-9-4-10-23-55)50-73(74)72-38-37-68(52-77(72)86)87-69-41-43-82-78(53-69)84-54-85(76-35-20-19-34-75(76)84)80-70(65-46-61(56-24-11-5-12-25-56)44-62(47-65)57-26-13-6-14-27-57)32-21-33-71(80)66-48-63(58-28-15-7-16-29-58)45-64(49-66)59-30-17-8-18-31-59;/h4-51H,1-3H3;/q-2;. The molecular weight excluding hydrogens is 1250 g/mol. The van der Waals surface area contributed by atoms with Gasteiger partial charge in [0.1, 0.15) is 5.82 Å². The number of aromatic nitrogens is 5. The third-order valence-corrected chi connectivity index (χ3v) is 16.4. The zero-order valence-electron chi connectivity index (χ0n) is 48.7. The van der Waals surface area contributed by atoms with Crippen LogP contribution in [0, 0.1) is 18.5 Å². The molecular formula is C81H57N5OPt-2. The van der Waals surface area contributed by atoms with Crippen LogP contribution in [0.5, 0.6) is 11.5 Å². The molecule has 0 saturated carbocycles. The Balaban J connectivity index is 0.00000680. The maximum atomic E-state index is 6.84. The van der Waals surface area contributed by atoms with Crippen LogP contribution in [0.3, 0.4) is 0 Å². The molecule has 0 saturated heterocycles. The molecule has 15 rings (SSSR count). The molecule has 0 bridgehead atoms. The van der Waals surface area contributed by atoms with E-state index in [1.165, 1.54) is 5.56 Å². The summed E-state index contributed by atoms with van der Waals surface area (Å²) < 4.78 is 13.2. The zero-order chi connectivity index (χ0) is 58.4. The summed E-state index contributed by atoms with van der Waals surface area (Å²) in [7, 11) is 0. The number of pyridine rings is 2. The number of para-hydroxylation sites is 3. The second-order valence-electron chi connectivity index (χ2n) is 23.1. The SMILES string of the molecule is CC(C)(C)c1ccnc(-n2c3[c-]c(Oc4[c-]c(-n5[c-][n+](-c6c(-c7cc(-c8ccccc8)cc(-c8ccccc8)c7)cccc6-c6cc(-c7ccccc7)cc(-c7ccccc7)c6)c6ccccc65)ncc4)ccc3c3cc(-c4ccccc4)ccc32)c1.[Pt]. The van der Waals surface area contributed by atoms with E-state index >= 15 is 0 Å². The molecule has 0 aliphatic rings. The Hall–Kier alpha value is -10.5. The van der Waals surface area contributed by atoms with E-state index in [1.54, 1.807) is 6.20 Å². The summed E-state index contributed by atoms with van der Waals surface area (Å²) in [4.78, 5) is 9.98. The minimum atomic E-state index is -0.0839. The largest absolute Gasteiger partial charge is 0.522 e. The molecule has 88 heavy (non-hydrogen) atoms. The summed E-state index contributed by atoms with van der Waals surface area (Å²) >= 11 is 0. The Labute approximate surface area is 527 Å². The van der Waals surface area contributed by atoms with Crippen LogP contribution in [0.4, 0.5) is 0 Å².